The van der Waals surface area contributed by atoms with E-state index in [2.05, 4.69) is 24.3 Å². The molecule has 5 aliphatic carbocycles. The van der Waals surface area contributed by atoms with Crippen LogP contribution in [-0.4, -0.2) is 24.6 Å². The fourth-order valence-electron chi connectivity index (χ4n) is 6.42. The molecule has 5 aliphatic rings. The lowest BCUT2D eigenvalue weighted by Gasteiger charge is -2.44. The average molecular weight is 424 g/mol. The van der Waals surface area contributed by atoms with Crippen molar-refractivity contribution in [1.29, 1.82) is 0 Å². The molecule has 32 heavy (non-hydrogen) atoms. The summed E-state index contributed by atoms with van der Waals surface area (Å²) in [5.41, 5.74) is 6.57. The minimum absolute atomic E-state index is 0.0207. The van der Waals surface area contributed by atoms with Gasteiger partial charge in [-0.05, 0) is 59.9 Å². The van der Waals surface area contributed by atoms with Gasteiger partial charge >= 0.3 is 5.97 Å². The van der Waals surface area contributed by atoms with E-state index in [-0.39, 0.29) is 41.2 Å². The normalized spacial score (nSPS) is 28.0. The summed E-state index contributed by atoms with van der Waals surface area (Å²) in [6, 6.07) is 16.4. The van der Waals surface area contributed by atoms with Crippen molar-refractivity contribution >= 4 is 17.5 Å². The summed E-state index contributed by atoms with van der Waals surface area (Å²) in [6.45, 7) is 0. The maximum absolute atomic E-state index is 13.9. The smallest absolute Gasteiger partial charge is 0.308 e. The first-order valence-electron chi connectivity index (χ1n) is 11.4. The molecular weight excluding hydrogens is 400 g/mol. The number of Topliss-reactive ketones (excluding diaryl/α,β-unsaturated/α-hetero) is 1. The van der Waals surface area contributed by atoms with Crippen LogP contribution < -0.4 is 0 Å². The lowest BCUT2D eigenvalue weighted by Crippen LogP contribution is -2.38. The Hall–Kier alpha value is -3.27. The van der Waals surface area contributed by atoms with Crippen molar-refractivity contribution in [2.45, 2.75) is 37.5 Å². The Kier molecular flexibility index (Phi) is 4.32. The van der Waals surface area contributed by atoms with E-state index in [1.54, 1.807) is 6.08 Å². The molecule has 2 aromatic carbocycles. The van der Waals surface area contributed by atoms with Gasteiger partial charge in [-0.1, -0.05) is 48.5 Å². The summed E-state index contributed by atoms with van der Waals surface area (Å²) >= 11 is 0. The van der Waals surface area contributed by atoms with Crippen LogP contribution in [0.15, 0.2) is 71.3 Å². The Bertz CT molecular complexity index is 1190. The van der Waals surface area contributed by atoms with Gasteiger partial charge in [-0.15, -0.1) is 0 Å². The maximum Gasteiger partial charge on any atom is 0.308 e. The van der Waals surface area contributed by atoms with E-state index < -0.39 is 0 Å². The number of ether oxygens (including phenoxy) is 1. The Morgan fingerprint density at radius 2 is 1.28 bits per heavy atom. The van der Waals surface area contributed by atoms with Crippen LogP contribution in [0.1, 0.15) is 59.8 Å². The molecule has 0 amide bonds. The van der Waals surface area contributed by atoms with Gasteiger partial charge in [0.05, 0.1) is 13.0 Å². The number of rotatable bonds is 2. The second-order valence-electron chi connectivity index (χ2n) is 9.32. The van der Waals surface area contributed by atoms with Gasteiger partial charge in [0, 0.05) is 28.6 Å². The van der Waals surface area contributed by atoms with E-state index in [1.165, 1.54) is 7.11 Å². The molecule has 7 rings (SSSR count). The number of ketones is 2. The Labute approximate surface area is 187 Å². The monoisotopic (exact) mass is 424 g/mol. The van der Waals surface area contributed by atoms with Crippen LogP contribution in [0.2, 0.25) is 0 Å². The van der Waals surface area contributed by atoms with Gasteiger partial charge < -0.3 is 4.74 Å². The van der Waals surface area contributed by atoms with Crippen LogP contribution in [-0.2, 0) is 19.1 Å². The average Bonchev–Trinajstić information content (AvgIpc) is 2.85. The largest absolute Gasteiger partial charge is 0.469 e. The van der Waals surface area contributed by atoms with Crippen LogP contribution in [0.25, 0.3) is 0 Å². The molecule has 4 heteroatoms. The number of hydrogen-bond acceptors (Lipinski definition) is 4. The van der Waals surface area contributed by atoms with Gasteiger partial charge in [-0.3, -0.25) is 14.4 Å². The number of allylic oxidation sites excluding steroid dienone is 4. The van der Waals surface area contributed by atoms with E-state index in [9.17, 15) is 14.4 Å². The maximum atomic E-state index is 13.9. The Morgan fingerprint density at radius 1 is 0.781 bits per heavy atom. The van der Waals surface area contributed by atoms with Gasteiger partial charge in [0.1, 0.15) is 0 Å². The van der Waals surface area contributed by atoms with Crippen LogP contribution in [0.4, 0.5) is 0 Å². The van der Waals surface area contributed by atoms with E-state index in [4.69, 9.17) is 4.74 Å². The molecule has 1 fully saturated rings. The summed E-state index contributed by atoms with van der Waals surface area (Å²) in [5, 5.41) is 0. The molecule has 0 aliphatic heterocycles. The third-order valence-corrected chi connectivity index (χ3v) is 7.86. The molecule has 0 heterocycles. The quantitative estimate of drug-likeness (QED) is 0.521. The molecule has 0 spiro atoms. The van der Waals surface area contributed by atoms with Crippen molar-refractivity contribution in [3.63, 3.8) is 0 Å². The van der Waals surface area contributed by atoms with Gasteiger partial charge in [0.25, 0.3) is 0 Å². The fraction of sp³-hybridized carbons (Fsp3) is 0.321. The molecule has 2 aromatic rings. The molecule has 1 saturated carbocycles. The summed E-state index contributed by atoms with van der Waals surface area (Å²) in [6.07, 6.45) is 4.46. The van der Waals surface area contributed by atoms with Gasteiger partial charge in [0.2, 0.25) is 0 Å². The number of hydrogen-bond donors (Lipinski definition) is 0. The first-order chi connectivity index (χ1) is 15.6. The molecule has 160 valence electrons. The van der Waals surface area contributed by atoms with Crippen molar-refractivity contribution in [3.05, 3.63) is 93.6 Å². The zero-order chi connectivity index (χ0) is 22.0. The molecule has 0 atom stereocenters. The SMILES string of the molecule is COC(=O)C1CCC(C2=CC(=O)C3=C(C2=O)C2c4ccccc4C3c3ccccc32)CC1. The zero-order valence-corrected chi connectivity index (χ0v) is 18.0. The van der Waals surface area contributed by atoms with Crippen LogP contribution in [0.3, 0.4) is 0 Å². The highest BCUT2D eigenvalue weighted by Gasteiger charge is 2.49. The van der Waals surface area contributed by atoms with E-state index in [0.29, 0.717) is 29.6 Å². The summed E-state index contributed by atoms with van der Waals surface area (Å²) in [4.78, 5) is 39.3. The van der Waals surface area contributed by atoms with Crippen LogP contribution in [0, 0.1) is 11.8 Å². The Balaban J connectivity index is 1.40. The second-order valence-corrected chi connectivity index (χ2v) is 9.32. The fourth-order valence-corrected chi connectivity index (χ4v) is 6.42. The third-order valence-electron chi connectivity index (χ3n) is 7.86. The van der Waals surface area contributed by atoms with Crippen molar-refractivity contribution < 1.29 is 19.1 Å². The molecule has 0 radical (unpaired) electrons. The first kappa shape index (κ1) is 19.4. The second kappa shape index (κ2) is 7.13. The van der Waals surface area contributed by atoms with E-state index in [0.717, 1.165) is 35.1 Å². The summed E-state index contributed by atoms with van der Waals surface area (Å²) in [7, 11) is 1.42. The van der Waals surface area contributed by atoms with Gasteiger partial charge in [0.15, 0.2) is 11.6 Å². The number of carbonyl (C=O) groups excluding carboxylic acids is 3. The lowest BCUT2D eigenvalue weighted by atomic mass is 9.57. The third kappa shape index (κ3) is 2.59. The summed E-state index contributed by atoms with van der Waals surface area (Å²) in [5.74, 6) is -0.617. The van der Waals surface area contributed by atoms with Crippen molar-refractivity contribution in [2.24, 2.45) is 11.8 Å². The lowest BCUT2D eigenvalue weighted by molar-refractivity contribution is -0.146. The predicted octanol–water partition coefficient (Wildman–Crippen LogP) is 4.63. The summed E-state index contributed by atoms with van der Waals surface area (Å²) < 4.78 is 4.90. The van der Waals surface area contributed by atoms with Crippen LogP contribution in [0.5, 0.6) is 0 Å². The molecule has 4 nitrogen and oxygen atoms in total. The zero-order valence-electron chi connectivity index (χ0n) is 18.0. The number of methoxy groups -OCH3 is 1. The number of benzene rings is 2. The van der Waals surface area contributed by atoms with Gasteiger partial charge in [-0.25, -0.2) is 0 Å². The molecular formula is C28H24O4. The van der Waals surface area contributed by atoms with Crippen molar-refractivity contribution in [1.82, 2.24) is 0 Å². The highest BCUT2D eigenvalue weighted by molar-refractivity contribution is 6.25. The van der Waals surface area contributed by atoms with Crippen molar-refractivity contribution in [3.8, 4) is 0 Å². The standard InChI is InChI=1S/C28H24O4/c1-32-28(31)16-12-10-15(11-13-16)21-14-22(29)25-23-17-6-2-4-8-19(17)24(26(25)27(21)30)20-9-5-3-7-18(20)23/h2-9,14-16,23-24H,10-13H2,1H3. The highest BCUT2D eigenvalue weighted by Crippen LogP contribution is 2.57. The molecule has 0 N–H and O–H groups in total. The Morgan fingerprint density at radius 3 is 1.78 bits per heavy atom. The minimum atomic E-state index is -0.186. The molecule has 2 bridgehead atoms. The topological polar surface area (TPSA) is 60.4 Å². The molecule has 0 unspecified atom stereocenters. The minimum Gasteiger partial charge on any atom is -0.469 e. The van der Waals surface area contributed by atoms with Crippen LogP contribution >= 0.6 is 0 Å². The predicted molar refractivity (Wildman–Crippen MR) is 119 cm³/mol. The highest BCUT2D eigenvalue weighted by atomic mass is 16.5. The van der Waals surface area contributed by atoms with E-state index in [1.807, 2.05) is 24.3 Å². The molecule has 0 saturated heterocycles. The number of carbonyl (C=O) groups is 3. The first-order valence-corrected chi connectivity index (χ1v) is 11.4. The number of esters is 1. The molecule has 0 aromatic heterocycles. The van der Waals surface area contributed by atoms with Gasteiger partial charge in [-0.2, -0.15) is 0 Å². The van der Waals surface area contributed by atoms with E-state index >= 15 is 0 Å². The van der Waals surface area contributed by atoms with Crippen molar-refractivity contribution in [2.75, 3.05) is 7.11 Å².